The maximum absolute atomic E-state index is 11.8. The second-order valence-corrected chi connectivity index (χ2v) is 5.91. The van der Waals surface area contributed by atoms with Crippen LogP contribution in [0.1, 0.15) is 13.3 Å². The molecule has 18 heavy (non-hydrogen) atoms. The lowest BCUT2D eigenvalue weighted by Gasteiger charge is -2.45. The van der Waals surface area contributed by atoms with Gasteiger partial charge in [-0.1, -0.05) is 19.1 Å². The zero-order valence-corrected chi connectivity index (χ0v) is 12.5. The van der Waals surface area contributed by atoms with Crippen molar-refractivity contribution in [3.05, 3.63) is 27.8 Å². The molecule has 4 nitrogen and oxygen atoms in total. The van der Waals surface area contributed by atoms with Gasteiger partial charge in [-0.15, -0.1) is 0 Å². The monoisotopic (exact) mass is 360 g/mol. The smallest absolute Gasteiger partial charge is 0.238 e. The quantitative estimate of drug-likeness (QED) is 0.804. The second-order valence-electron chi connectivity index (χ2n) is 4.75. The van der Waals surface area contributed by atoms with Crippen molar-refractivity contribution >= 4 is 34.2 Å². The molecule has 1 aromatic carbocycles. The van der Waals surface area contributed by atoms with Gasteiger partial charge in [0.1, 0.15) is 0 Å². The first kappa shape index (κ1) is 13.8. The Kier molecular flexibility index (Phi) is 4.24. The Bertz CT molecular complexity index is 444. The number of benzene rings is 1. The number of rotatable bonds is 4. The minimum Gasteiger partial charge on any atom is -0.387 e. The molecule has 1 saturated heterocycles. The molecule has 98 valence electrons. The Morgan fingerprint density at radius 2 is 2.17 bits per heavy atom. The fourth-order valence-corrected chi connectivity index (χ4v) is 2.60. The maximum Gasteiger partial charge on any atom is 0.238 e. The Balaban J connectivity index is 1.82. The maximum atomic E-state index is 11.8. The van der Waals surface area contributed by atoms with Crippen molar-refractivity contribution in [2.24, 2.45) is 0 Å². The van der Waals surface area contributed by atoms with E-state index in [1.807, 2.05) is 36.1 Å². The topological polar surface area (TPSA) is 52.6 Å². The molecular formula is C13H17IN2O2. The molecule has 1 aliphatic rings. The average Bonchev–Trinajstić information content (AvgIpc) is 2.30. The molecule has 0 bridgehead atoms. The normalized spacial score (nSPS) is 18.2. The van der Waals surface area contributed by atoms with Crippen LogP contribution in [0, 0.1) is 3.57 Å². The van der Waals surface area contributed by atoms with E-state index < -0.39 is 5.60 Å². The van der Waals surface area contributed by atoms with E-state index in [0.717, 1.165) is 15.7 Å². The summed E-state index contributed by atoms with van der Waals surface area (Å²) in [5.74, 6) is -0.0303. The molecule has 0 aliphatic carbocycles. The Labute approximate surface area is 121 Å². The van der Waals surface area contributed by atoms with Crippen LogP contribution in [0.25, 0.3) is 0 Å². The standard InChI is InChI=1S/C13H17IN2O2/c1-2-13(18)8-16(9-13)7-12(17)15-11-6-4-3-5-10(11)14/h3-6,18H,2,7-9H2,1H3,(H,15,17). The second kappa shape index (κ2) is 5.54. The molecule has 0 aromatic heterocycles. The summed E-state index contributed by atoms with van der Waals surface area (Å²) in [6, 6.07) is 7.68. The van der Waals surface area contributed by atoms with Gasteiger partial charge < -0.3 is 10.4 Å². The molecule has 0 radical (unpaired) electrons. The van der Waals surface area contributed by atoms with Crippen molar-refractivity contribution in [3.8, 4) is 0 Å². The van der Waals surface area contributed by atoms with E-state index in [1.54, 1.807) is 0 Å². The molecule has 1 aromatic rings. The van der Waals surface area contributed by atoms with Crippen LogP contribution in [-0.2, 0) is 4.79 Å². The van der Waals surface area contributed by atoms with Gasteiger partial charge in [0.05, 0.1) is 17.8 Å². The summed E-state index contributed by atoms with van der Waals surface area (Å²) in [5, 5.41) is 12.7. The molecular weight excluding hydrogens is 343 g/mol. The molecule has 2 N–H and O–H groups in total. The van der Waals surface area contributed by atoms with E-state index in [0.29, 0.717) is 19.6 Å². The van der Waals surface area contributed by atoms with Crippen LogP contribution >= 0.6 is 22.6 Å². The molecule has 1 amide bonds. The minimum atomic E-state index is -0.582. The Morgan fingerprint density at radius 3 is 2.78 bits per heavy atom. The van der Waals surface area contributed by atoms with Gasteiger partial charge in [0.2, 0.25) is 5.91 Å². The van der Waals surface area contributed by atoms with Crippen LogP contribution in [-0.4, -0.2) is 41.1 Å². The zero-order chi connectivity index (χ0) is 13.2. The number of β-amino-alcohol motifs (C(OH)–C–C–N with tert-alkyl or cyclic N) is 1. The molecule has 1 heterocycles. The lowest BCUT2D eigenvalue weighted by Crippen LogP contribution is -2.62. The summed E-state index contributed by atoms with van der Waals surface area (Å²) >= 11 is 2.19. The number of likely N-dealkylation sites (tertiary alicyclic amines) is 1. The fraction of sp³-hybridized carbons (Fsp3) is 0.462. The van der Waals surface area contributed by atoms with E-state index >= 15 is 0 Å². The summed E-state index contributed by atoms with van der Waals surface area (Å²) in [7, 11) is 0. The van der Waals surface area contributed by atoms with Crippen LogP contribution in [0.4, 0.5) is 5.69 Å². The van der Waals surface area contributed by atoms with Gasteiger partial charge in [-0.3, -0.25) is 9.69 Å². The largest absolute Gasteiger partial charge is 0.387 e. The number of hydrogen-bond acceptors (Lipinski definition) is 3. The third-order valence-electron chi connectivity index (χ3n) is 3.21. The number of anilines is 1. The van der Waals surface area contributed by atoms with Crippen molar-refractivity contribution in [2.75, 3.05) is 25.0 Å². The number of halogens is 1. The molecule has 5 heteroatoms. The summed E-state index contributed by atoms with van der Waals surface area (Å²) in [5.41, 5.74) is 0.260. The fourth-order valence-electron chi connectivity index (χ4n) is 2.08. The number of nitrogens with one attached hydrogen (secondary N) is 1. The predicted molar refractivity (Wildman–Crippen MR) is 79.5 cm³/mol. The van der Waals surface area contributed by atoms with Crippen LogP contribution < -0.4 is 5.32 Å². The predicted octanol–water partition coefficient (Wildman–Crippen LogP) is 1.69. The summed E-state index contributed by atoms with van der Waals surface area (Å²) < 4.78 is 1.03. The first-order valence-electron chi connectivity index (χ1n) is 6.01. The van der Waals surface area contributed by atoms with E-state index in [1.165, 1.54) is 0 Å². The van der Waals surface area contributed by atoms with Crippen molar-refractivity contribution in [3.63, 3.8) is 0 Å². The molecule has 0 atom stereocenters. The number of para-hydroxylation sites is 1. The summed E-state index contributed by atoms with van der Waals surface area (Å²) in [4.78, 5) is 13.8. The third-order valence-corrected chi connectivity index (χ3v) is 4.15. The lowest BCUT2D eigenvalue weighted by molar-refractivity contribution is -0.128. The highest BCUT2D eigenvalue weighted by Gasteiger charge is 2.39. The number of hydrogen-bond donors (Lipinski definition) is 2. The molecule has 1 fully saturated rings. The van der Waals surface area contributed by atoms with E-state index in [9.17, 15) is 9.90 Å². The van der Waals surface area contributed by atoms with Gasteiger partial charge in [0.25, 0.3) is 0 Å². The first-order chi connectivity index (χ1) is 8.52. The van der Waals surface area contributed by atoms with E-state index in [4.69, 9.17) is 0 Å². The van der Waals surface area contributed by atoms with Crippen molar-refractivity contribution in [1.29, 1.82) is 0 Å². The number of nitrogens with zero attached hydrogens (tertiary/aromatic N) is 1. The summed E-state index contributed by atoms with van der Waals surface area (Å²) in [6.45, 7) is 3.47. The molecule has 0 saturated carbocycles. The molecule has 2 rings (SSSR count). The zero-order valence-electron chi connectivity index (χ0n) is 10.3. The van der Waals surface area contributed by atoms with E-state index in [2.05, 4.69) is 27.9 Å². The van der Waals surface area contributed by atoms with E-state index in [-0.39, 0.29) is 5.91 Å². The van der Waals surface area contributed by atoms with Crippen LogP contribution in [0.3, 0.4) is 0 Å². The average molecular weight is 360 g/mol. The highest BCUT2D eigenvalue weighted by Crippen LogP contribution is 2.23. The van der Waals surface area contributed by atoms with Crippen molar-refractivity contribution < 1.29 is 9.90 Å². The van der Waals surface area contributed by atoms with Crippen LogP contribution in [0.5, 0.6) is 0 Å². The van der Waals surface area contributed by atoms with Gasteiger partial charge in [-0.2, -0.15) is 0 Å². The van der Waals surface area contributed by atoms with Crippen LogP contribution in [0.15, 0.2) is 24.3 Å². The highest BCUT2D eigenvalue weighted by molar-refractivity contribution is 14.1. The Morgan fingerprint density at radius 1 is 1.50 bits per heavy atom. The molecule has 0 unspecified atom stereocenters. The Hall–Kier alpha value is -0.660. The number of aliphatic hydroxyl groups is 1. The van der Waals surface area contributed by atoms with Gasteiger partial charge >= 0.3 is 0 Å². The van der Waals surface area contributed by atoms with Gasteiger partial charge in [-0.05, 0) is 41.1 Å². The SMILES string of the molecule is CCC1(O)CN(CC(=O)Nc2ccccc2I)C1. The minimum absolute atomic E-state index is 0.0303. The van der Waals surface area contributed by atoms with Gasteiger partial charge in [0, 0.05) is 16.7 Å². The summed E-state index contributed by atoms with van der Waals surface area (Å²) in [6.07, 6.45) is 0.738. The number of carbonyl (C=O) groups is 1. The van der Waals surface area contributed by atoms with Crippen molar-refractivity contribution in [1.82, 2.24) is 4.90 Å². The number of carbonyl (C=O) groups excluding carboxylic acids is 1. The lowest BCUT2D eigenvalue weighted by atomic mass is 9.91. The van der Waals surface area contributed by atoms with Gasteiger partial charge in [-0.25, -0.2) is 0 Å². The molecule has 1 aliphatic heterocycles. The number of amides is 1. The highest BCUT2D eigenvalue weighted by atomic mass is 127. The van der Waals surface area contributed by atoms with Crippen molar-refractivity contribution in [2.45, 2.75) is 18.9 Å². The van der Waals surface area contributed by atoms with Gasteiger partial charge in [0.15, 0.2) is 0 Å². The molecule has 0 spiro atoms. The first-order valence-corrected chi connectivity index (χ1v) is 7.09. The van der Waals surface area contributed by atoms with Crippen LogP contribution in [0.2, 0.25) is 0 Å². The third kappa shape index (κ3) is 3.21.